The van der Waals surface area contributed by atoms with E-state index in [-0.39, 0.29) is 5.97 Å². The van der Waals surface area contributed by atoms with Crippen LogP contribution in [-0.2, 0) is 9.53 Å². The van der Waals surface area contributed by atoms with Crippen LogP contribution < -0.4 is 0 Å². The zero-order valence-corrected chi connectivity index (χ0v) is 8.65. The lowest BCUT2D eigenvalue weighted by atomic mass is 10.1. The van der Waals surface area contributed by atoms with Crippen LogP contribution in [0.1, 0.15) is 18.1 Å². The summed E-state index contributed by atoms with van der Waals surface area (Å²) in [7, 11) is 0. The summed E-state index contributed by atoms with van der Waals surface area (Å²) in [6, 6.07) is 7.82. The maximum atomic E-state index is 11.3. The van der Waals surface area contributed by atoms with Crippen LogP contribution in [0.5, 0.6) is 0 Å². The van der Waals surface area contributed by atoms with Crippen molar-refractivity contribution in [3.05, 3.63) is 41.1 Å². The van der Waals surface area contributed by atoms with E-state index in [1.165, 1.54) is 0 Å². The summed E-state index contributed by atoms with van der Waals surface area (Å²) in [6.07, 6.45) is 1.74. The highest BCUT2D eigenvalue weighted by atomic mass is 16.6. The standard InChI is InChI=1S/C12H11NO2/c1-8-5-3-4-6-10(8)7-11-12(14)15-9(2)13-11/h3-7H,1-2H3. The normalized spacial score (nSPS) is 17.9. The average Bonchev–Trinajstić information content (AvgIpc) is 2.49. The molecule has 3 heteroatoms. The van der Waals surface area contributed by atoms with Crippen molar-refractivity contribution >= 4 is 17.9 Å². The van der Waals surface area contributed by atoms with E-state index in [1.807, 2.05) is 31.2 Å². The van der Waals surface area contributed by atoms with E-state index >= 15 is 0 Å². The molecule has 0 N–H and O–H groups in total. The van der Waals surface area contributed by atoms with Gasteiger partial charge in [-0.25, -0.2) is 9.79 Å². The van der Waals surface area contributed by atoms with Crippen molar-refractivity contribution in [2.45, 2.75) is 13.8 Å². The fraction of sp³-hybridized carbons (Fsp3) is 0.167. The van der Waals surface area contributed by atoms with E-state index in [4.69, 9.17) is 4.74 Å². The van der Waals surface area contributed by atoms with Gasteiger partial charge in [0.1, 0.15) is 0 Å². The van der Waals surface area contributed by atoms with Crippen molar-refractivity contribution in [3.63, 3.8) is 0 Å². The number of nitrogens with zero attached hydrogens (tertiary/aromatic N) is 1. The Morgan fingerprint density at radius 3 is 2.60 bits per heavy atom. The summed E-state index contributed by atoms with van der Waals surface area (Å²) in [5, 5.41) is 0. The Morgan fingerprint density at radius 1 is 1.27 bits per heavy atom. The van der Waals surface area contributed by atoms with Crippen molar-refractivity contribution in [1.82, 2.24) is 0 Å². The average molecular weight is 201 g/mol. The summed E-state index contributed by atoms with van der Waals surface area (Å²) in [5.74, 6) is 0.0237. The second-order valence-electron chi connectivity index (χ2n) is 3.41. The summed E-state index contributed by atoms with van der Waals surface area (Å²) < 4.78 is 4.83. The van der Waals surface area contributed by atoms with Crippen molar-refractivity contribution in [2.24, 2.45) is 4.99 Å². The predicted molar refractivity (Wildman–Crippen MR) is 58.4 cm³/mol. The van der Waals surface area contributed by atoms with Gasteiger partial charge in [0.15, 0.2) is 11.6 Å². The van der Waals surface area contributed by atoms with Gasteiger partial charge in [-0.15, -0.1) is 0 Å². The molecule has 0 aromatic heterocycles. The first-order valence-corrected chi connectivity index (χ1v) is 4.71. The number of benzene rings is 1. The highest BCUT2D eigenvalue weighted by molar-refractivity contribution is 6.06. The molecule has 0 unspecified atom stereocenters. The molecule has 15 heavy (non-hydrogen) atoms. The largest absolute Gasteiger partial charge is 0.407 e. The zero-order chi connectivity index (χ0) is 10.8. The van der Waals surface area contributed by atoms with Gasteiger partial charge in [-0.05, 0) is 24.1 Å². The number of aliphatic imine (C=N–C) groups is 1. The number of aryl methyl sites for hydroxylation is 1. The molecule has 0 aliphatic carbocycles. The number of hydrogen-bond acceptors (Lipinski definition) is 3. The number of cyclic esters (lactones) is 1. The first kappa shape index (κ1) is 9.65. The highest BCUT2D eigenvalue weighted by Gasteiger charge is 2.19. The molecule has 1 aliphatic heterocycles. The third kappa shape index (κ3) is 1.96. The van der Waals surface area contributed by atoms with Gasteiger partial charge < -0.3 is 4.74 Å². The van der Waals surface area contributed by atoms with E-state index < -0.39 is 0 Å². The monoisotopic (exact) mass is 201 g/mol. The van der Waals surface area contributed by atoms with Gasteiger partial charge in [-0.3, -0.25) is 0 Å². The number of carbonyl (C=O) groups excluding carboxylic acids is 1. The van der Waals surface area contributed by atoms with E-state index in [2.05, 4.69) is 4.99 Å². The van der Waals surface area contributed by atoms with Crippen LogP contribution in [0, 0.1) is 6.92 Å². The van der Waals surface area contributed by atoms with Crippen molar-refractivity contribution < 1.29 is 9.53 Å². The Kier molecular flexibility index (Phi) is 2.37. The Morgan fingerprint density at radius 2 is 2.00 bits per heavy atom. The minimum Gasteiger partial charge on any atom is -0.407 e. The molecule has 0 bridgehead atoms. The molecule has 0 saturated carbocycles. The fourth-order valence-electron chi connectivity index (χ4n) is 1.41. The molecule has 0 spiro atoms. The van der Waals surface area contributed by atoms with E-state index in [9.17, 15) is 4.79 Å². The lowest BCUT2D eigenvalue weighted by Crippen LogP contribution is -1.99. The van der Waals surface area contributed by atoms with E-state index in [0.717, 1.165) is 11.1 Å². The number of esters is 1. The molecule has 1 aliphatic rings. The second-order valence-corrected chi connectivity index (χ2v) is 3.41. The number of rotatable bonds is 1. The maximum Gasteiger partial charge on any atom is 0.363 e. The number of hydrogen-bond donors (Lipinski definition) is 0. The molecule has 0 radical (unpaired) electrons. The highest BCUT2D eigenvalue weighted by Crippen LogP contribution is 2.17. The van der Waals surface area contributed by atoms with Gasteiger partial charge in [0, 0.05) is 6.92 Å². The Balaban J connectivity index is 2.39. The predicted octanol–water partition coefficient (Wildman–Crippen LogP) is 2.31. The minimum absolute atomic E-state index is 0.363. The number of carbonyl (C=O) groups is 1. The Hall–Kier alpha value is -1.90. The molecule has 0 amide bonds. The van der Waals surface area contributed by atoms with Crippen LogP contribution >= 0.6 is 0 Å². The SMILES string of the molecule is CC1=NC(=Cc2ccccc2C)C(=O)O1. The first-order valence-electron chi connectivity index (χ1n) is 4.71. The van der Waals surface area contributed by atoms with Crippen LogP contribution in [-0.4, -0.2) is 11.9 Å². The molecule has 1 heterocycles. The van der Waals surface area contributed by atoms with Gasteiger partial charge in [0.2, 0.25) is 0 Å². The molecule has 0 atom stereocenters. The molecular weight excluding hydrogens is 190 g/mol. The smallest absolute Gasteiger partial charge is 0.363 e. The van der Waals surface area contributed by atoms with Crippen LogP contribution in [0.2, 0.25) is 0 Å². The van der Waals surface area contributed by atoms with Crippen LogP contribution in [0.25, 0.3) is 6.08 Å². The summed E-state index contributed by atoms with van der Waals surface area (Å²) in [6.45, 7) is 3.65. The summed E-state index contributed by atoms with van der Waals surface area (Å²) >= 11 is 0. The zero-order valence-electron chi connectivity index (χ0n) is 8.65. The molecular formula is C12H11NO2. The lowest BCUT2D eigenvalue weighted by molar-refractivity contribution is -0.130. The summed E-state index contributed by atoms with van der Waals surface area (Å²) in [5.41, 5.74) is 2.46. The van der Waals surface area contributed by atoms with Gasteiger partial charge >= 0.3 is 5.97 Å². The Bertz CT molecular complexity index is 472. The molecule has 1 aromatic carbocycles. The molecule has 3 nitrogen and oxygen atoms in total. The van der Waals surface area contributed by atoms with Gasteiger partial charge in [0.25, 0.3) is 0 Å². The quantitative estimate of drug-likeness (QED) is 0.516. The molecule has 1 aromatic rings. The van der Waals surface area contributed by atoms with E-state index in [1.54, 1.807) is 13.0 Å². The van der Waals surface area contributed by atoms with Gasteiger partial charge in [0.05, 0.1) is 0 Å². The fourth-order valence-corrected chi connectivity index (χ4v) is 1.41. The van der Waals surface area contributed by atoms with Crippen molar-refractivity contribution in [3.8, 4) is 0 Å². The molecule has 2 rings (SSSR count). The second kappa shape index (κ2) is 3.69. The topological polar surface area (TPSA) is 38.7 Å². The van der Waals surface area contributed by atoms with Crippen LogP contribution in [0.3, 0.4) is 0 Å². The van der Waals surface area contributed by atoms with Crippen molar-refractivity contribution in [2.75, 3.05) is 0 Å². The minimum atomic E-state index is -0.379. The van der Waals surface area contributed by atoms with Gasteiger partial charge in [-0.2, -0.15) is 0 Å². The Labute approximate surface area is 88.1 Å². The molecule has 0 fully saturated rings. The third-order valence-electron chi connectivity index (χ3n) is 2.21. The van der Waals surface area contributed by atoms with Crippen LogP contribution in [0.15, 0.2) is 35.0 Å². The molecule has 0 saturated heterocycles. The van der Waals surface area contributed by atoms with Gasteiger partial charge in [-0.1, -0.05) is 24.3 Å². The maximum absolute atomic E-state index is 11.3. The third-order valence-corrected chi connectivity index (χ3v) is 2.21. The van der Waals surface area contributed by atoms with E-state index in [0.29, 0.717) is 11.6 Å². The lowest BCUT2D eigenvalue weighted by Gasteiger charge is -1.98. The summed E-state index contributed by atoms with van der Waals surface area (Å²) in [4.78, 5) is 15.3. The van der Waals surface area contributed by atoms with Crippen molar-refractivity contribution in [1.29, 1.82) is 0 Å². The first-order chi connectivity index (χ1) is 7.16. The number of ether oxygens (including phenoxy) is 1. The molecule has 76 valence electrons. The van der Waals surface area contributed by atoms with Crippen LogP contribution in [0.4, 0.5) is 0 Å².